The van der Waals surface area contributed by atoms with Gasteiger partial charge in [0.1, 0.15) is 11.5 Å². The molecule has 0 aromatic heterocycles. The summed E-state index contributed by atoms with van der Waals surface area (Å²) in [6.07, 6.45) is 3.13. The largest absolute Gasteiger partial charge is 0.497 e. The van der Waals surface area contributed by atoms with Crippen molar-refractivity contribution in [3.63, 3.8) is 0 Å². The average Bonchev–Trinajstić information content (AvgIpc) is 2.77. The van der Waals surface area contributed by atoms with Crippen LogP contribution in [0.3, 0.4) is 0 Å². The van der Waals surface area contributed by atoms with E-state index in [4.69, 9.17) is 9.47 Å². The third kappa shape index (κ3) is 5.76. The zero-order chi connectivity index (χ0) is 21.5. The quantitative estimate of drug-likeness (QED) is 0.700. The Morgan fingerprint density at radius 1 is 1.00 bits per heavy atom. The summed E-state index contributed by atoms with van der Waals surface area (Å²) >= 11 is 0. The molecule has 1 heterocycles. The summed E-state index contributed by atoms with van der Waals surface area (Å²) in [5, 5.41) is 3.12. The Labute approximate surface area is 180 Å². The first-order chi connectivity index (χ1) is 14.5. The van der Waals surface area contributed by atoms with E-state index in [9.17, 15) is 4.79 Å². The molecule has 1 fully saturated rings. The fraction of sp³-hybridized carbons (Fsp3) is 0.480. The summed E-state index contributed by atoms with van der Waals surface area (Å²) in [4.78, 5) is 15.2. The van der Waals surface area contributed by atoms with Crippen LogP contribution in [0.4, 0.5) is 0 Å². The van der Waals surface area contributed by atoms with Gasteiger partial charge in [-0.05, 0) is 87.7 Å². The van der Waals surface area contributed by atoms with Crippen molar-refractivity contribution in [3.05, 3.63) is 59.2 Å². The van der Waals surface area contributed by atoms with Crippen molar-refractivity contribution >= 4 is 5.91 Å². The highest BCUT2D eigenvalue weighted by Gasteiger charge is 2.24. The van der Waals surface area contributed by atoms with Gasteiger partial charge in [0.05, 0.1) is 13.2 Å². The maximum atomic E-state index is 12.7. The Morgan fingerprint density at radius 2 is 1.67 bits per heavy atom. The second kappa shape index (κ2) is 10.5. The van der Waals surface area contributed by atoms with E-state index in [1.165, 1.54) is 30.4 Å². The van der Waals surface area contributed by atoms with E-state index in [2.05, 4.69) is 29.3 Å². The SMILES string of the molecule is COc1ccc([C@@H](CNC(=O)[C@@H](C)Oc2ccc(C)c(C)c2)N2CCCCC2)cc1. The van der Waals surface area contributed by atoms with Gasteiger partial charge in [-0.3, -0.25) is 9.69 Å². The molecule has 1 saturated heterocycles. The number of hydrogen-bond donors (Lipinski definition) is 1. The molecule has 1 aliphatic rings. The van der Waals surface area contributed by atoms with Gasteiger partial charge in [-0.15, -0.1) is 0 Å². The van der Waals surface area contributed by atoms with Gasteiger partial charge >= 0.3 is 0 Å². The van der Waals surface area contributed by atoms with Crippen LogP contribution < -0.4 is 14.8 Å². The molecule has 0 aliphatic carbocycles. The summed E-state index contributed by atoms with van der Waals surface area (Å²) in [5.74, 6) is 1.47. The molecule has 5 nitrogen and oxygen atoms in total. The molecule has 30 heavy (non-hydrogen) atoms. The number of likely N-dealkylation sites (tertiary alicyclic amines) is 1. The van der Waals surface area contributed by atoms with Crippen LogP contribution >= 0.6 is 0 Å². The van der Waals surface area contributed by atoms with Gasteiger partial charge < -0.3 is 14.8 Å². The molecule has 5 heteroatoms. The molecular weight excluding hydrogens is 376 g/mol. The van der Waals surface area contributed by atoms with E-state index in [1.807, 2.05) is 37.3 Å². The van der Waals surface area contributed by atoms with Gasteiger partial charge in [0.2, 0.25) is 0 Å². The number of carbonyl (C=O) groups excluding carboxylic acids is 1. The molecule has 1 aliphatic heterocycles. The fourth-order valence-electron chi connectivity index (χ4n) is 3.90. The van der Waals surface area contributed by atoms with Crippen molar-refractivity contribution in [1.29, 1.82) is 0 Å². The molecule has 2 atom stereocenters. The summed E-state index contributed by atoms with van der Waals surface area (Å²) < 4.78 is 11.2. The highest BCUT2D eigenvalue weighted by atomic mass is 16.5. The van der Waals surface area contributed by atoms with E-state index in [0.29, 0.717) is 6.54 Å². The molecule has 3 rings (SSSR count). The molecule has 0 spiro atoms. The minimum atomic E-state index is -0.551. The summed E-state index contributed by atoms with van der Waals surface area (Å²) in [7, 11) is 1.67. The van der Waals surface area contributed by atoms with Gasteiger partial charge in [-0.25, -0.2) is 0 Å². The lowest BCUT2D eigenvalue weighted by Gasteiger charge is -2.35. The molecule has 0 radical (unpaired) electrons. The van der Waals surface area contributed by atoms with E-state index in [-0.39, 0.29) is 11.9 Å². The van der Waals surface area contributed by atoms with Crippen LogP contribution in [-0.4, -0.2) is 43.7 Å². The van der Waals surface area contributed by atoms with E-state index < -0.39 is 6.10 Å². The molecule has 162 valence electrons. The molecular formula is C25H34N2O3. The third-order valence-corrected chi connectivity index (χ3v) is 5.96. The van der Waals surface area contributed by atoms with Crippen LogP contribution in [0.25, 0.3) is 0 Å². The Morgan fingerprint density at radius 3 is 2.30 bits per heavy atom. The first-order valence-electron chi connectivity index (χ1n) is 10.9. The first-order valence-corrected chi connectivity index (χ1v) is 10.9. The van der Waals surface area contributed by atoms with Gasteiger partial charge in [-0.1, -0.05) is 24.6 Å². The Kier molecular flexibility index (Phi) is 7.75. The highest BCUT2D eigenvalue weighted by Crippen LogP contribution is 2.26. The van der Waals surface area contributed by atoms with Crippen molar-refractivity contribution in [2.75, 3.05) is 26.7 Å². The number of piperidine rings is 1. The minimum Gasteiger partial charge on any atom is -0.497 e. The Balaban J connectivity index is 1.64. The summed E-state index contributed by atoms with van der Waals surface area (Å²) in [5.41, 5.74) is 3.56. The van der Waals surface area contributed by atoms with E-state index in [0.717, 1.165) is 30.2 Å². The van der Waals surface area contributed by atoms with E-state index in [1.54, 1.807) is 14.0 Å². The topological polar surface area (TPSA) is 50.8 Å². The lowest BCUT2D eigenvalue weighted by molar-refractivity contribution is -0.127. The zero-order valence-corrected chi connectivity index (χ0v) is 18.6. The maximum Gasteiger partial charge on any atom is 0.260 e. The predicted molar refractivity (Wildman–Crippen MR) is 120 cm³/mol. The van der Waals surface area contributed by atoms with Crippen molar-refractivity contribution in [2.24, 2.45) is 0 Å². The number of nitrogens with one attached hydrogen (secondary N) is 1. The molecule has 0 unspecified atom stereocenters. The summed E-state index contributed by atoms with van der Waals surface area (Å²) in [6, 6.07) is 14.2. The average molecular weight is 411 g/mol. The number of benzene rings is 2. The van der Waals surface area contributed by atoms with Crippen LogP contribution in [0, 0.1) is 13.8 Å². The lowest BCUT2D eigenvalue weighted by Crippen LogP contribution is -2.43. The smallest absolute Gasteiger partial charge is 0.260 e. The number of carbonyl (C=O) groups is 1. The number of ether oxygens (including phenoxy) is 2. The van der Waals surface area contributed by atoms with Gasteiger partial charge in [0.15, 0.2) is 6.10 Å². The monoisotopic (exact) mass is 410 g/mol. The van der Waals surface area contributed by atoms with Crippen molar-refractivity contribution in [2.45, 2.75) is 52.2 Å². The number of rotatable bonds is 8. The summed E-state index contributed by atoms with van der Waals surface area (Å²) in [6.45, 7) is 8.59. The van der Waals surface area contributed by atoms with Crippen LogP contribution in [0.1, 0.15) is 48.9 Å². The number of amides is 1. The molecule has 2 aromatic carbocycles. The van der Waals surface area contributed by atoms with Crippen molar-refractivity contribution in [1.82, 2.24) is 10.2 Å². The third-order valence-electron chi connectivity index (χ3n) is 5.96. The van der Waals surface area contributed by atoms with Crippen LogP contribution in [-0.2, 0) is 4.79 Å². The first kappa shape index (κ1) is 22.2. The zero-order valence-electron chi connectivity index (χ0n) is 18.6. The Hall–Kier alpha value is -2.53. The molecule has 0 bridgehead atoms. The maximum absolute atomic E-state index is 12.7. The van der Waals surface area contributed by atoms with Crippen LogP contribution in [0.2, 0.25) is 0 Å². The van der Waals surface area contributed by atoms with Gasteiger partial charge in [0.25, 0.3) is 5.91 Å². The van der Waals surface area contributed by atoms with Crippen molar-refractivity contribution < 1.29 is 14.3 Å². The molecule has 1 amide bonds. The predicted octanol–water partition coefficient (Wildman–Crippen LogP) is 4.42. The fourth-order valence-corrected chi connectivity index (χ4v) is 3.90. The minimum absolute atomic E-state index is 0.0938. The highest BCUT2D eigenvalue weighted by molar-refractivity contribution is 5.80. The van der Waals surface area contributed by atoms with Crippen molar-refractivity contribution in [3.8, 4) is 11.5 Å². The van der Waals surface area contributed by atoms with E-state index >= 15 is 0 Å². The normalized spacial score (nSPS) is 16.5. The van der Waals surface area contributed by atoms with Gasteiger partial charge in [0, 0.05) is 6.54 Å². The van der Waals surface area contributed by atoms with Gasteiger partial charge in [-0.2, -0.15) is 0 Å². The number of hydrogen-bond acceptors (Lipinski definition) is 4. The number of nitrogens with zero attached hydrogens (tertiary/aromatic N) is 1. The standard InChI is InChI=1S/C25H34N2O3/c1-18-8-11-23(16-19(18)2)30-20(3)25(28)26-17-24(27-14-6-5-7-15-27)21-9-12-22(29-4)13-10-21/h8-13,16,20,24H,5-7,14-15,17H2,1-4H3,(H,26,28)/t20-,24-/m1/s1. The molecule has 2 aromatic rings. The van der Waals surface area contributed by atoms with Crippen LogP contribution in [0.15, 0.2) is 42.5 Å². The van der Waals surface area contributed by atoms with Crippen LogP contribution in [0.5, 0.6) is 11.5 Å². The molecule has 1 N–H and O–H groups in total. The second-order valence-corrected chi connectivity index (χ2v) is 8.14. The Bertz CT molecular complexity index is 829. The number of methoxy groups -OCH3 is 1. The lowest BCUT2D eigenvalue weighted by atomic mass is 10.0. The second-order valence-electron chi connectivity index (χ2n) is 8.14. The number of aryl methyl sites for hydroxylation is 2. The molecule has 0 saturated carbocycles.